The zero-order valence-electron chi connectivity index (χ0n) is 16.0. The molecule has 4 aromatic rings. The van der Waals surface area contributed by atoms with E-state index in [4.69, 9.17) is 9.26 Å². The van der Waals surface area contributed by atoms with E-state index < -0.39 is 0 Å². The third kappa shape index (κ3) is 2.86. The quantitative estimate of drug-likeness (QED) is 0.547. The number of ether oxygens (including phenoxy) is 1. The Morgan fingerprint density at radius 3 is 3.11 bits per heavy atom. The highest BCUT2D eigenvalue weighted by Gasteiger charge is 2.37. The van der Waals surface area contributed by atoms with E-state index in [1.165, 1.54) is 0 Å². The molecule has 0 bridgehead atoms. The fourth-order valence-electron chi connectivity index (χ4n) is 4.62. The molecule has 4 heterocycles. The van der Waals surface area contributed by atoms with Crippen LogP contribution in [0.2, 0.25) is 0 Å². The predicted molar refractivity (Wildman–Crippen MR) is 101 cm³/mol. The van der Waals surface area contributed by atoms with Crippen molar-refractivity contribution in [3.63, 3.8) is 0 Å². The molecule has 5 rings (SSSR count). The fourth-order valence-corrected chi connectivity index (χ4v) is 4.62. The SMILES string of the molecule is CC[C@@H]1C[C@H](Cc2nc(COC)no2)CC1c1nnc2cnc3[nH]ccc3n12. The summed E-state index contributed by atoms with van der Waals surface area (Å²) in [5.41, 5.74) is 2.67. The molecule has 0 radical (unpaired) electrons. The smallest absolute Gasteiger partial charge is 0.227 e. The van der Waals surface area contributed by atoms with E-state index in [0.717, 1.165) is 48.3 Å². The minimum atomic E-state index is 0.354. The van der Waals surface area contributed by atoms with Gasteiger partial charge < -0.3 is 14.2 Å². The van der Waals surface area contributed by atoms with Gasteiger partial charge in [0.2, 0.25) is 5.89 Å². The monoisotopic (exact) mass is 381 g/mol. The van der Waals surface area contributed by atoms with Crippen LogP contribution in [0.3, 0.4) is 0 Å². The predicted octanol–water partition coefficient (Wildman–Crippen LogP) is 2.90. The van der Waals surface area contributed by atoms with Gasteiger partial charge in [-0.05, 0) is 30.7 Å². The summed E-state index contributed by atoms with van der Waals surface area (Å²) < 4.78 is 12.6. The summed E-state index contributed by atoms with van der Waals surface area (Å²) in [5.74, 6) is 3.72. The molecule has 0 spiro atoms. The molecular weight excluding hydrogens is 358 g/mol. The third-order valence-electron chi connectivity index (χ3n) is 5.86. The Balaban J connectivity index is 1.43. The summed E-state index contributed by atoms with van der Waals surface area (Å²) in [4.78, 5) is 12.0. The van der Waals surface area contributed by atoms with E-state index in [1.54, 1.807) is 13.3 Å². The number of H-pyrrole nitrogens is 1. The molecule has 0 aromatic carbocycles. The number of fused-ring (bicyclic) bond motifs is 3. The van der Waals surface area contributed by atoms with Crippen molar-refractivity contribution in [1.29, 1.82) is 0 Å². The first-order valence-corrected chi connectivity index (χ1v) is 9.74. The van der Waals surface area contributed by atoms with Crippen molar-refractivity contribution >= 4 is 16.8 Å². The van der Waals surface area contributed by atoms with Gasteiger partial charge in [0, 0.05) is 25.6 Å². The van der Waals surface area contributed by atoms with Gasteiger partial charge in [-0.3, -0.25) is 4.40 Å². The lowest BCUT2D eigenvalue weighted by Crippen LogP contribution is -2.09. The standard InChI is InChI=1S/C19H23N7O2/c1-3-12-6-11(8-17-22-15(10-27-2)25-28-17)7-13(12)19-24-23-16-9-21-18-14(26(16)19)4-5-20-18/h4-5,9,11-13,20H,3,6-8,10H2,1-2H3/t11-,12+,13?/m0/s1. The van der Waals surface area contributed by atoms with Crippen LogP contribution in [0.25, 0.3) is 16.8 Å². The lowest BCUT2D eigenvalue weighted by Gasteiger charge is -2.16. The van der Waals surface area contributed by atoms with Crippen LogP contribution in [0.5, 0.6) is 0 Å². The van der Waals surface area contributed by atoms with Crippen LogP contribution in [0, 0.1) is 11.8 Å². The van der Waals surface area contributed by atoms with Crippen molar-refractivity contribution in [2.45, 2.75) is 45.1 Å². The summed E-state index contributed by atoms with van der Waals surface area (Å²) in [6, 6.07) is 2.03. The molecule has 1 unspecified atom stereocenters. The summed E-state index contributed by atoms with van der Waals surface area (Å²) in [6.45, 7) is 2.63. The molecule has 0 aliphatic heterocycles. The molecule has 1 fully saturated rings. The normalized spacial score (nSPS) is 22.6. The average molecular weight is 381 g/mol. The lowest BCUT2D eigenvalue weighted by molar-refractivity contribution is 0.174. The Labute approximate surface area is 161 Å². The van der Waals surface area contributed by atoms with Gasteiger partial charge in [-0.1, -0.05) is 18.5 Å². The van der Waals surface area contributed by atoms with Gasteiger partial charge in [0.05, 0.1) is 11.7 Å². The van der Waals surface area contributed by atoms with Crippen LogP contribution in [-0.2, 0) is 17.8 Å². The van der Waals surface area contributed by atoms with Gasteiger partial charge in [-0.25, -0.2) is 4.98 Å². The molecule has 1 N–H and O–H groups in total. The maximum Gasteiger partial charge on any atom is 0.227 e. The molecular formula is C19H23N7O2. The first-order valence-electron chi connectivity index (χ1n) is 9.74. The number of aromatic nitrogens is 7. The lowest BCUT2D eigenvalue weighted by atomic mass is 9.93. The molecule has 4 aromatic heterocycles. The van der Waals surface area contributed by atoms with Gasteiger partial charge in [-0.2, -0.15) is 4.98 Å². The fraction of sp³-hybridized carbons (Fsp3) is 0.526. The highest BCUT2D eigenvalue weighted by molar-refractivity contribution is 5.74. The minimum absolute atomic E-state index is 0.354. The highest BCUT2D eigenvalue weighted by atomic mass is 16.5. The molecule has 0 saturated heterocycles. The molecule has 1 aliphatic rings. The van der Waals surface area contributed by atoms with Gasteiger partial charge in [0.15, 0.2) is 17.1 Å². The summed E-state index contributed by atoms with van der Waals surface area (Å²) in [6.07, 6.45) is 7.74. The number of aromatic amines is 1. The van der Waals surface area contributed by atoms with E-state index >= 15 is 0 Å². The molecule has 9 heteroatoms. The van der Waals surface area contributed by atoms with Crippen LogP contribution in [0.15, 0.2) is 23.0 Å². The Bertz CT molecular complexity index is 1100. The second-order valence-corrected chi connectivity index (χ2v) is 7.58. The molecule has 146 valence electrons. The Hall–Kier alpha value is -2.81. The Morgan fingerprint density at radius 1 is 1.32 bits per heavy atom. The van der Waals surface area contributed by atoms with E-state index in [1.807, 2.05) is 12.3 Å². The number of nitrogens with zero attached hydrogens (tertiary/aromatic N) is 6. The molecule has 28 heavy (non-hydrogen) atoms. The zero-order chi connectivity index (χ0) is 19.1. The minimum Gasteiger partial charge on any atom is -0.377 e. The van der Waals surface area contributed by atoms with E-state index in [9.17, 15) is 0 Å². The van der Waals surface area contributed by atoms with E-state index in [-0.39, 0.29) is 0 Å². The van der Waals surface area contributed by atoms with Crippen LogP contribution in [0.4, 0.5) is 0 Å². The summed E-state index contributed by atoms with van der Waals surface area (Å²) in [5, 5.41) is 12.9. The van der Waals surface area contributed by atoms with E-state index in [0.29, 0.717) is 36.1 Å². The number of nitrogens with one attached hydrogen (secondary N) is 1. The van der Waals surface area contributed by atoms with Gasteiger partial charge in [-0.15, -0.1) is 10.2 Å². The molecule has 0 amide bonds. The number of hydrogen-bond acceptors (Lipinski definition) is 7. The van der Waals surface area contributed by atoms with Crippen molar-refractivity contribution in [3.8, 4) is 0 Å². The van der Waals surface area contributed by atoms with Crippen molar-refractivity contribution in [2.24, 2.45) is 11.8 Å². The Morgan fingerprint density at radius 2 is 2.25 bits per heavy atom. The first kappa shape index (κ1) is 17.3. The van der Waals surface area contributed by atoms with E-state index in [2.05, 4.69) is 41.6 Å². The maximum absolute atomic E-state index is 5.40. The summed E-state index contributed by atoms with van der Waals surface area (Å²) in [7, 11) is 1.63. The zero-order valence-corrected chi connectivity index (χ0v) is 16.0. The van der Waals surface area contributed by atoms with Crippen LogP contribution in [-0.4, -0.2) is 41.8 Å². The second-order valence-electron chi connectivity index (χ2n) is 7.58. The molecule has 1 saturated carbocycles. The van der Waals surface area contributed by atoms with Crippen molar-refractivity contribution in [1.82, 2.24) is 34.7 Å². The molecule has 3 atom stereocenters. The van der Waals surface area contributed by atoms with Crippen molar-refractivity contribution < 1.29 is 9.26 Å². The topological polar surface area (TPSA) is 107 Å². The van der Waals surface area contributed by atoms with Gasteiger partial charge in [0.25, 0.3) is 0 Å². The van der Waals surface area contributed by atoms with Crippen LogP contribution >= 0.6 is 0 Å². The Kier molecular flexibility index (Phi) is 4.31. The van der Waals surface area contributed by atoms with Crippen LogP contribution in [0.1, 0.15) is 49.6 Å². The summed E-state index contributed by atoms with van der Waals surface area (Å²) >= 11 is 0. The third-order valence-corrected chi connectivity index (χ3v) is 5.86. The highest BCUT2D eigenvalue weighted by Crippen LogP contribution is 2.45. The molecule has 9 nitrogen and oxygen atoms in total. The van der Waals surface area contributed by atoms with Crippen molar-refractivity contribution in [2.75, 3.05) is 7.11 Å². The molecule has 1 aliphatic carbocycles. The largest absolute Gasteiger partial charge is 0.377 e. The number of hydrogen-bond donors (Lipinski definition) is 1. The number of rotatable bonds is 6. The number of methoxy groups -OCH3 is 1. The van der Waals surface area contributed by atoms with Crippen molar-refractivity contribution in [3.05, 3.63) is 36.0 Å². The maximum atomic E-state index is 5.40. The average Bonchev–Trinajstić information content (AvgIpc) is 3.47. The second kappa shape index (κ2) is 6.97. The van der Waals surface area contributed by atoms with Gasteiger partial charge >= 0.3 is 0 Å². The first-order chi connectivity index (χ1) is 13.8. The van der Waals surface area contributed by atoms with Gasteiger partial charge in [0.1, 0.15) is 12.4 Å². The van der Waals surface area contributed by atoms with Crippen LogP contribution < -0.4 is 0 Å².